The van der Waals surface area contributed by atoms with Crippen LogP contribution in [0.5, 0.6) is 0 Å². The van der Waals surface area contributed by atoms with E-state index in [1.807, 2.05) is 32.0 Å². The second kappa shape index (κ2) is 5.76. The van der Waals surface area contributed by atoms with Crippen molar-refractivity contribution in [2.45, 2.75) is 39.0 Å². The molecule has 23 heavy (non-hydrogen) atoms. The Bertz CT molecular complexity index is 850. The maximum absolute atomic E-state index is 9.59. The molecule has 1 aliphatic heterocycles. The Balaban J connectivity index is 2.17. The van der Waals surface area contributed by atoms with Gasteiger partial charge in [0.05, 0.1) is 30.0 Å². The van der Waals surface area contributed by atoms with E-state index in [2.05, 4.69) is 11.1 Å². The Morgan fingerprint density at radius 3 is 2.87 bits per heavy atom. The fourth-order valence-corrected chi connectivity index (χ4v) is 3.21. The van der Waals surface area contributed by atoms with Crippen LogP contribution in [0.1, 0.15) is 36.2 Å². The van der Waals surface area contributed by atoms with Crippen molar-refractivity contribution in [3.05, 3.63) is 51.4 Å². The molecule has 2 aromatic rings. The van der Waals surface area contributed by atoms with Crippen molar-refractivity contribution >= 4 is 18.0 Å². The van der Waals surface area contributed by atoms with Gasteiger partial charge in [0.1, 0.15) is 16.5 Å². The highest BCUT2D eigenvalue weighted by molar-refractivity contribution is 7.71. The number of nitrogens with two attached hydrogens (primary N) is 1. The largest absolute Gasteiger partial charge is 0.384 e. The maximum atomic E-state index is 9.59. The lowest BCUT2D eigenvalue weighted by molar-refractivity contribution is -0.0406. The zero-order valence-electron chi connectivity index (χ0n) is 13.2. The summed E-state index contributed by atoms with van der Waals surface area (Å²) in [5.74, 6) is 0.402. The van der Waals surface area contributed by atoms with Gasteiger partial charge in [-0.2, -0.15) is 5.26 Å². The van der Waals surface area contributed by atoms with E-state index in [9.17, 15) is 5.26 Å². The summed E-state index contributed by atoms with van der Waals surface area (Å²) in [5.41, 5.74) is 9.10. The smallest absolute Gasteiger partial charge is 0.123 e. The lowest BCUT2D eigenvalue weighted by atomic mass is 9.89. The van der Waals surface area contributed by atoms with E-state index < -0.39 is 0 Å². The van der Waals surface area contributed by atoms with Crippen LogP contribution >= 0.6 is 12.2 Å². The predicted molar refractivity (Wildman–Crippen MR) is 90.3 cm³/mol. The summed E-state index contributed by atoms with van der Waals surface area (Å²) in [4.78, 5) is 4.31. The Morgan fingerprint density at radius 1 is 1.43 bits per heavy atom. The highest BCUT2D eigenvalue weighted by Gasteiger charge is 2.31. The molecule has 0 aromatic carbocycles. The lowest BCUT2D eigenvalue weighted by Gasteiger charge is -2.33. The molecule has 1 aliphatic rings. The van der Waals surface area contributed by atoms with Gasteiger partial charge in [-0.05, 0) is 31.5 Å². The molecule has 0 bridgehead atoms. The monoisotopic (exact) mass is 326 g/mol. The molecule has 0 fully saturated rings. The minimum absolute atomic E-state index is 0.319. The Morgan fingerprint density at radius 2 is 2.22 bits per heavy atom. The minimum Gasteiger partial charge on any atom is -0.384 e. The quantitative estimate of drug-likeness (QED) is 0.859. The molecule has 118 valence electrons. The minimum atomic E-state index is -0.319. The highest BCUT2D eigenvalue weighted by atomic mass is 32.1. The van der Waals surface area contributed by atoms with Crippen molar-refractivity contribution in [2.24, 2.45) is 0 Å². The number of hydrogen-bond acceptors (Lipinski definition) is 5. The highest BCUT2D eigenvalue weighted by Crippen LogP contribution is 2.33. The summed E-state index contributed by atoms with van der Waals surface area (Å²) < 4.78 is 8.27. The fraction of sp³-hybridized carbons (Fsp3) is 0.353. The summed E-state index contributed by atoms with van der Waals surface area (Å²) in [5, 5.41) is 9.59. The number of rotatable bonds is 2. The van der Waals surface area contributed by atoms with Crippen molar-refractivity contribution < 1.29 is 4.74 Å². The molecule has 2 N–H and O–H groups in total. The van der Waals surface area contributed by atoms with Crippen LogP contribution in [0.2, 0.25) is 0 Å². The maximum Gasteiger partial charge on any atom is 0.123 e. The van der Waals surface area contributed by atoms with Gasteiger partial charge in [-0.25, -0.2) is 0 Å². The van der Waals surface area contributed by atoms with Gasteiger partial charge in [0, 0.05) is 18.2 Å². The standard InChI is InChI=1S/C17H18N4OS/c1-17(2)7-12-13(8-18)15(19)21(16(23)14(12)10-22-17)9-11-5-3-4-6-20-11/h3-6H,7,9-10,19H2,1-2H3. The molecule has 6 heteroatoms. The molecule has 5 nitrogen and oxygen atoms in total. The van der Waals surface area contributed by atoms with Crippen LogP contribution in [0.4, 0.5) is 5.82 Å². The van der Waals surface area contributed by atoms with Crippen LogP contribution in [0, 0.1) is 16.0 Å². The van der Waals surface area contributed by atoms with Crippen molar-refractivity contribution in [1.29, 1.82) is 5.26 Å². The van der Waals surface area contributed by atoms with Crippen molar-refractivity contribution in [2.75, 3.05) is 5.73 Å². The molecule has 2 aromatic heterocycles. The fourth-order valence-electron chi connectivity index (χ4n) is 2.87. The van der Waals surface area contributed by atoms with Crippen LogP contribution in [-0.4, -0.2) is 15.2 Å². The summed E-state index contributed by atoms with van der Waals surface area (Å²) in [7, 11) is 0. The Hall–Kier alpha value is -2.23. The second-order valence-corrected chi connectivity index (χ2v) is 6.65. The summed E-state index contributed by atoms with van der Waals surface area (Å²) in [6, 6.07) is 7.93. The number of anilines is 1. The van der Waals surface area contributed by atoms with E-state index in [0.29, 0.717) is 35.6 Å². The van der Waals surface area contributed by atoms with Gasteiger partial charge in [-0.15, -0.1) is 0 Å². The van der Waals surface area contributed by atoms with E-state index in [4.69, 9.17) is 22.7 Å². The first kappa shape index (κ1) is 15.7. The number of fused-ring (bicyclic) bond motifs is 1. The van der Waals surface area contributed by atoms with Gasteiger partial charge in [0.25, 0.3) is 0 Å². The van der Waals surface area contributed by atoms with Gasteiger partial charge < -0.3 is 15.0 Å². The lowest BCUT2D eigenvalue weighted by Crippen LogP contribution is -2.33. The number of ether oxygens (including phenoxy) is 1. The Labute approximate surface area is 140 Å². The van der Waals surface area contributed by atoms with Crippen LogP contribution in [0.15, 0.2) is 24.4 Å². The first-order valence-electron chi connectivity index (χ1n) is 7.41. The second-order valence-electron chi connectivity index (χ2n) is 6.27. The summed E-state index contributed by atoms with van der Waals surface area (Å²) in [6.45, 7) is 4.85. The average Bonchev–Trinajstić information content (AvgIpc) is 2.52. The molecule has 0 spiro atoms. The van der Waals surface area contributed by atoms with E-state index in [1.165, 1.54) is 0 Å². The Kier molecular flexibility index (Phi) is 3.92. The topological polar surface area (TPSA) is 76.9 Å². The molecular formula is C17H18N4OS. The number of hydrogen-bond donors (Lipinski definition) is 1. The molecular weight excluding hydrogens is 308 g/mol. The third-order valence-corrected chi connectivity index (χ3v) is 4.55. The van der Waals surface area contributed by atoms with Gasteiger partial charge in [-0.3, -0.25) is 4.98 Å². The molecule has 3 heterocycles. The zero-order chi connectivity index (χ0) is 16.6. The molecule has 0 radical (unpaired) electrons. The number of nitrogen functional groups attached to an aromatic ring is 1. The number of nitrogens with zero attached hydrogens (tertiary/aromatic N) is 3. The molecule has 0 amide bonds. The van der Waals surface area contributed by atoms with Crippen LogP contribution < -0.4 is 5.73 Å². The van der Waals surface area contributed by atoms with Gasteiger partial charge in [-0.1, -0.05) is 18.3 Å². The zero-order valence-corrected chi connectivity index (χ0v) is 14.0. The summed E-state index contributed by atoms with van der Waals surface area (Å²) in [6.07, 6.45) is 2.36. The molecule has 0 aliphatic carbocycles. The van der Waals surface area contributed by atoms with E-state index in [1.54, 1.807) is 10.8 Å². The van der Waals surface area contributed by atoms with Crippen molar-refractivity contribution in [1.82, 2.24) is 9.55 Å². The van der Waals surface area contributed by atoms with E-state index >= 15 is 0 Å². The number of pyridine rings is 2. The average molecular weight is 326 g/mol. The third-order valence-electron chi connectivity index (χ3n) is 4.08. The molecule has 0 unspecified atom stereocenters. The SMILES string of the molecule is CC1(C)Cc2c(C#N)c(N)n(Cc3ccccn3)c(=S)c2CO1. The van der Waals surface area contributed by atoms with E-state index in [-0.39, 0.29) is 5.60 Å². The normalized spacial score (nSPS) is 15.7. The number of nitriles is 1. The first-order valence-corrected chi connectivity index (χ1v) is 7.82. The van der Waals surface area contributed by atoms with Crippen molar-refractivity contribution in [3.8, 4) is 6.07 Å². The van der Waals surface area contributed by atoms with Gasteiger partial charge in [0.15, 0.2) is 0 Å². The molecule has 0 saturated heterocycles. The first-order chi connectivity index (χ1) is 10.9. The van der Waals surface area contributed by atoms with Gasteiger partial charge >= 0.3 is 0 Å². The van der Waals surface area contributed by atoms with Gasteiger partial charge in [0.2, 0.25) is 0 Å². The van der Waals surface area contributed by atoms with Crippen LogP contribution in [-0.2, 0) is 24.3 Å². The van der Waals surface area contributed by atoms with Crippen LogP contribution in [0.3, 0.4) is 0 Å². The molecule has 3 rings (SSSR count). The predicted octanol–water partition coefficient (Wildman–Crippen LogP) is 2.97. The van der Waals surface area contributed by atoms with E-state index in [0.717, 1.165) is 16.8 Å². The molecule has 0 saturated carbocycles. The number of aromatic nitrogens is 2. The third kappa shape index (κ3) is 2.85. The van der Waals surface area contributed by atoms with Crippen LogP contribution in [0.25, 0.3) is 0 Å². The van der Waals surface area contributed by atoms with Crippen molar-refractivity contribution in [3.63, 3.8) is 0 Å². The summed E-state index contributed by atoms with van der Waals surface area (Å²) >= 11 is 5.61. The molecule has 0 atom stereocenters.